The van der Waals surface area contributed by atoms with Crippen molar-refractivity contribution >= 4 is 17.8 Å². The minimum Gasteiger partial charge on any atom is -0.493 e. The molecule has 0 spiro atoms. The molecule has 1 N–H and O–H groups in total. The Balaban J connectivity index is 1.74. The van der Waals surface area contributed by atoms with E-state index in [-0.39, 0.29) is 5.91 Å². The molecule has 170 valence electrons. The fourth-order valence-corrected chi connectivity index (χ4v) is 3.67. The Morgan fingerprint density at radius 1 is 0.818 bits per heavy atom. The first-order chi connectivity index (χ1) is 16.1. The Labute approximate surface area is 192 Å². The summed E-state index contributed by atoms with van der Waals surface area (Å²) in [6, 6.07) is 18.3. The fraction of sp³-hybridized carbons (Fsp3) is 0.200. The lowest BCUT2D eigenvalue weighted by Gasteiger charge is -2.34. The molecular formula is C25H25N3O5. The van der Waals surface area contributed by atoms with Gasteiger partial charge >= 0.3 is 0 Å². The van der Waals surface area contributed by atoms with E-state index in [1.54, 1.807) is 58.9 Å². The molecule has 33 heavy (non-hydrogen) atoms. The van der Waals surface area contributed by atoms with Crippen molar-refractivity contribution in [1.29, 1.82) is 0 Å². The summed E-state index contributed by atoms with van der Waals surface area (Å²) in [7, 11) is 6.30. The highest BCUT2D eigenvalue weighted by molar-refractivity contribution is 6.02. The van der Waals surface area contributed by atoms with Gasteiger partial charge in [-0.05, 0) is 48.0 Å². The molecule has 3 aromatic rings. The van der Waals surface area contributed by atoms with Crippen LogP contribution in [-0.4, -0.2) is 45.6 Å². The van der Waals surface area contributed by atoms with Crippen LogP contribution in [0.4, 0.5) is 5.69 Å². The standard InChI is InChI=1S/C25H25N3O5/c1-30-20-11-9-16(13-22(20)32-3)15-26-28-24(17-10-12-21(31-2)23(14-17)33-4)27-19-8-6-5-7-18(19)25(28)29/h5-15,24,27H,1-4H3/b26-15-/t24-/m0/s1. The summed E-state index contributed by atoms with van der Waals surface area (Å²) in [5.41, 5.74) is 2.82. The van der Waals surface area contributed by atoms with E-state index >= 15 is 0 Å². The van der Waals surface area contributed by atoms with Gasteiger partial charge in [-0.25, -0.2) is 5.01 Å². The predicted molar refractivity (Wildman–Crippen MR) is 126 cm³/mol. The molecule has 1 atom stereocenters. The Kier molecular flexibility index (Phi) is 6.35. The lowest BCUT2D eigenvalue weighted by Crippen LogP contribution is -2.39. The van der Waals surface area contributed by atoms with E-state index < -0.39 is 6.17 Å². The van der Waals surface area contributed by atoms with Gasteiger partial charge in [0.05, 0.1) is 40.2 Å². The van der Waals surface area contributed by atoms with Gasteiger partial charge in [0, 0.05) is 11.3 Å². The first-order valence-electron chi connectivity index (χ1n) is 10.3. The number of anilines is 1. The fourth-order valence-electron chi connectivity index (χ4n) is 3.67. The lowest BCUT2D eigenvalue weighted by molar-refractivity contribution is 0.0691. The monoisotopic (exact) mass is 447 g/mol. The molecule has 1 aliphatic heterocycles. The lowest BCUT2D eigenvalue weighted by atomic mass is 10.0. The number of nitrogens with zero attached hydrogens (tertiary/aromatic N) is 2. The van der Waals surface area contributed by atoms with Gasteiger partial charge < -0.3 is 24.3 Å². The Morgan fingerprint density at radius 3 is 2.15 bits per heavy atom. The average molecular weight is 447 g/mol. The summed E-state index contributed by atoms with van der Waals surface area (Å²) in [4.78, 5) is 13.4. The summed E-state index contributed by atoms with van der Waals surface area (Å²) >= 11 is 0. The van der Waals surface area contributed by atoms with E-state index in [0.717, 1.165) is 16.8 Å². The van der Waals surface area contributed by atoms with Crippen LogP contribution < -0.4 is 24.3 Å². The molecule has 4 rings (SSSR count). The molecule has 8 heteroatoms. The summed E-state index contributed by atoms with van der Waals surface area (Å²) in [5, 5.41) is 9.37. The second-order valence-electron chi connectivity index (χ2n) is 7.22. The summed E-state index contributed by atoms with van der Waals surface area (Å²) < 4.78 is 21.5. The van der Waals surface area contributed by atoms with Crippen molar-refractivity contribution in [2.75, 3.05) is 33.8 Å². The Bertz CT molecular complexity index is 1190. The van der Waals surface area contributed by atoms with E-state index in [4.69, 9.17) is 18.9 Å². The number of rotatable bonds is 7. The molecule has 1 aliphatic rings. The van der Waals surface area contributed by atoms with Gasteiger partial charge in [-0.15, -0.1) is 0 Å². The van der Waals surface area contributed by atoms with Crippen molar-refractivity contribution in [2.45, 2.75) is 6.17 Å². The van der Waals surface area contributed by atoms with Crippen LogP contribution >= 0.6 is 0 Å². The first-order valence-corrected chi connectivity index (χ1v) is 10.3. The van der Waals surface area contributed by atoms with Crippen molar-refractivity contribution in [3.63, 3.8) is 0 Å². The molecule has 0 aliphatic carbocycles. The van der Waals surface area contributed by atoms with Crippen molar-refractivity contribution in [1.82, 2.24) is 5.01 Å². The molecular weight excluding hydrogens is 422 g/mol. The maximum Gasteiger partial charge on any atom is 0.278 e. The van der Waals surface area contributed by atoms with Crippen LogP contribution in [-0.2, 0) is 0 Å². The number of amides is 1. The highest BCUT2D eigenvalue weighted by atomic mass is 16.5. The van der Waals surface area contributed by atoms with Gasteiger partial charge in [0.1, 0.15) is 0 Å². The van der Waals surface area contributed by atoms with Crippen LogP contribution in [0.25, 0.3) is 0 Å². The number of hydrazone groups is 1. The third-order valence-corrected chi connectivity index (χ3v) is 5.36. The number of benzene rings is 3. The number of nitrogens with one attached hydrogen (secondary N) is 1. The number of ether oxygens (including phenoxy) is 4. The Morgan fingerprint density at radius 2 is 1.45 bits per heavy atom. The first kappa shape index (κ1) is 22.0. The molecule has 3 aromatic carbocycles. The van der Waals surface area contributed by atoms with Gasteiger partial charge in [-0.2, -0.15) is 5.10 Å². The zero-order chi connectivity index (χ0) is 23.4. The predicted octanol–water partition coefficient (Wildman–Crippen LogP) is 4.32. The van der Waals surface area contributed by atoms with Gasteiger partial charge in [0.15, 0.2) is 29.2 Å². The molecule has 0 bridgehead atoms. The van der Waals surface area contributed by atoms with E-state index in [9.17, 15) is 4.79 Å². The number of hydrogen-bond acceptors (Lipinski definition) is 7. The molecule has 0 saturated carbocycles. The number of para-hydroxylation sites is 1. The number of carbonyl (C=O) groups is 1. The minimum atomic E-state index is -0.552. The zero-order valence-electron chi connectivity index (χ0n) is 18.9. The van der Waals surface area contributed by atoms with Gasteiger partial charge in [0.25, 0.3) is 5.91 Å². The quantitative estimate of drug-likeness (QED) is 0.543. The van der Waals surface area contributed by atoms with E-state index in [2.05, 4.69) is 10.4 Å². The largest absolute Gasteiger partial charge is 0.493 e. The van der Waals surface area contributed by atoms with Crippen LogP contribution in [0.3, 0.4) is 0 Å². The summed E-state index contributed by atoms with van der Waals surface area (Å²) in [5.74, 6) is 2.13. The third kappa shape index (κ3) is 4.27. The van der Waals surface area contributed by atoms with E-state index in [0.29, 0.717) is 28.6 Å². The molecule has 0 saturated heterocycles. The van der Waals surface area contributed by atoms with Crippen LogP contribution in [0.2, 0.25) is 0 Å². The van der Waals surface area contributed by atoms with Gasteiger partial charge in [0.2, 0.25) is 0 Å². The van der Waals surface area contributed by atoms with Gasteiger partial charge in [-0.3, -0.25) is 4.79 Å². The summed E-state index contributed by atoms with van der Waals surface area (Å²) in [6.45, 7) is 0. The average Bonchev–Trinajstić information content (AvgIpc) is 2.87. The van der Waals surface area contributed by atoms with Crippen molar-refractivity contribution < 1.29 is 23.7 Å². The minimum absolute atomic E-state index is 0.221. The van der Waals surface area contributed by atoms with E-state index in [1.165, 1.54) is 5.01 Å². The van der Waals surface area contributed by atoms with Crippen LogP contribution in [0, 0.1) is 0 Å². The second kappa shape index (κ2) is 9.52. The zero-order valence-corrected chi connectivity index (χ0v) is 18.9. The molecule has 0 fully saturated rings. The number of carbonyl (C=O) groups excluding carboxylic acids is 1. The van der Waals surface area contributed by atoms with E-state index in [1.807, 2.05) is 36.4 Å². The number of hydrogen-bond donors (Lipinski definition) is 1. The van der Waals surface area contributed by atoms with Crippen molar-refractivity contribution in [3.05, 3.63) is 77.4 Å². The third-order valence-electron chi connectivity index (χ3n) is 5.36. The van der Waals surface area contributed by atoms with Crippen LogP contribution in [0.1, 0.15) is 27.7 Å². The topological polar surface area (TPSA) is 81.6 Å². The molecule has 1 amide bonds. The highest BCUT2D eigenvalue weighted by Crippen LogP contribution is 2.37. The van der Waals surface area contributed by atoms with Crippen LogP contribution in [0.5, 0.6) is 23.0 Å². The Hall–Kier alpha value is -4.20. The molecule has 8 nitrogen and oxygen atoms in total. The SMILES string of the molecule is COc1ccc(/C=N\N2C(=O)c3ccccc3N[C@@H]2c2ccc(OC)c(OC)c2)cc1OC. The van der Waals surface area contributed by atoms with Gasteiger partial charge in [-0.1, -0.05) is 18.2 Å². The maximum atomic E-state index is 13.4. The van der Waals surface area contributed by atoms with Crippen molar-refractivity contribution in [2.24, 2.45) is 5.10 Å². The smallest absolute Gasteiger partial charge is 0.278 e. The highest BCUT2D eigenvalue weighted by Gasteiger charge is 2.33. The normalized spacial score (nSPS) is 15.1. The summed E-state index contributed by atoms with van der Waals surface area (Å²) in [6.07, 6.45) is 1.06. The molecule has 1 heterocycles. The molecule has 0 radical (unpaired) electrons. The second-order valence-corrected chi connectivity index (χ2v) is 7.22. The van der Waals surface area contributed by atoms with Crippen LogP contribution in [0.15, 0.2) is 65.8 Å². The number of methoxy groups -OCH3 is 4. The van der Waals surface area contributed by atoms with Crippen molar-refractivity contribution in [3.8, 4) is 23.0 Å². The maximum absolute atomic E-state index is 13.4. The molecule has 0 unspecified atom stereocenters. The molecule has 0 aromatic heterocycles. The number of fused-ring (bicyclic) bond motifs is 1.